The Bertz CT molecular complexity index is 700. The first kappa shape index (κ1) is 18.9. The van der Waals surface area contributed by atoms with Crippen LogP contribution in [0, 0.1) is 5.82 Å². The van der Waals surface area contributed by atoms with Gasteiger partial charge in [-0.15, -0.1) is 0 Å². The largest absolute Gasteiger partial charge is 0.373 e. The van der Waals surface area contributed by atoms with E-state index in [1.54, 1.807) is 0 Å². The molecule has 26 heavy (non-hydrogen) atoms. The molecule has 5 heteroatoms. The molecule has 1 saturated heterocycles. The molecule has 2 nitrogen and oxygen atoms in total. The molecular weight excluding hydrogens is 339 g/mol. The fraction of sp³-hybridized carbons (Fsp3) is 0.429. The van der Waals surface area contributed by atoms with E-state index >= 15 is 0 Å². The SMILES string of the molecule is CC(c1cc(C(F)F)ccc1F)N1CCC(OCc2ccccc2)CC1. The summed E-state index contributed by atoms with van der Waals surface area (Å²) in [6, 6.07) is 13.4. The van der Waals surface area contributed by atoms with Crippen LogP contribution in [0.5, 0.6) is 0 Å². The van der Waals surface area contributed by atoms with Crippen LogP contribution in [0.4, 0.5) is 13.2 Å². The summed E-state index contributed by atoms with van der Waals surface area (Å²) in [6.45, 7) is 3.99. The summed E-state index contributed by atoms with van der Waals surface area (Å²) >= 11 is 0. The van der Waals surface area contributed by atoms with Crippen LogP contribution in [0.25, 0.3) is 0 Å². The van der Waals surface area contributed by atoms with Crippen LogP contribution in [0.3, 0.4) is 0 Å². The second kappa shape index (κ2) is 8.69. The summed E-state index contributed by atoms with van der Waals surface area (Å²) < 4.78 is 45.9. The van der Waals surface area contributed by atoms with Crippen LogP contribution in [-0.4, -0.2) is 24.1 Å². The zero-order valence-corrected chi connectivity index (χ0v) is 14.9. The van der Waals surface area contributed by atoms with Gasteiger partial charge in [-0.3, -0.25) is 4.90 Å². The fourth-order valence-electron chi connectivity index (χ4n) is 3.43. The third-order valence-corrected chi connectivity index (χ3v) is 5.07. The quantitative estimate of drug-likeness (QED) is 0.671. The molecule has 1 fully saturated rings. The Morgan fingerprint density at radius 3 is 2.42 bits per heavy atom. The maximum Gasteiger partial charge on any atom is 0.263 e. The third-order valence-electron chi connectivity index (χ3n) is 5.07. The molecule has 0 saturated carbocycles. The average molecular weight is 363 g/mol. The molecule has 2 aromatic carbocycles. The van der Waals surface area contributed by atoms with Crippen molar-refractivity contribution in [3.63, 3.8) is 0 Å². The van der Waals surface area contributed by atoms with Gasteiger partial charge in [0, 0.05) is 30.3 Å². The van der Waals surface area contributed by atoms with Crippen LogP contribution in [0.1, 0.15) is 48.9 Å². The monoisotopic (exact) mass is 363 g/mol. The molecule has 2 aromatic rings. The minimum atomic E-state index is -2.58. The molecule has 0 N–H and O–H groups in total. The molecule has 0 bridgehead atoms. The molecule has 1 aliphatic rings. The predicted octanol–water partition coefficient (Wildman–Crippen LogP) is 5.51. The molecule has 0 aromatic heterocycles. The highest BCUT2D eigenvalue weighted by Gasteiger charge is 2.26. The zero-order valence-electron chi connectivity index (χ0n) is 14.9. The lowest BCUT2D eigenvalue weighted by Gasteiger charge is -2.36. The van der Waals surface area contributed by atoms with Gasteiger partial charge in [0.05, 0.1) is 12.7 Å². The van der Waals surface area contributed by atoms with Gasteiger partial charge >= 0.3 is 0 Å². The van der Waals surface area contributed by atoms with Gasteiger partial charge in [0.25, 0.3) is 6.43 Å². The zero-order chi connectivity index (χ0) is 18.5. The lowest BCUT2D eigenvalue weighted by Crippen LogP contribution is -2.38. The minimum Gasteiger partial charge on any atom is -0.373 e. The van der Waals surface area contributed by atoms with Crippen LogP contribution < -0.4 is 0 Å². The molecule has 1 aliphatic heterocycles. The van der Waals surface area contributed by atoms with Crippen molar-refractivity contribution in [1.29, 1.82) is 0 Å². The first-order valence-corrected chi connectivity index (χ1v) is 9.01. The molecule has 1 unspecified atom stereocenters. The molecule has 0 aliphatic carbocycles. The Balaban J connectivity index is 1.55. The second-order valence-corrected chi connectivity index (χ2v) is 6.79. The van der Waals surface area contributed by atoms with Crippen molar-refractivity contribution in [2.24, 2.45) is 0 Å². The highest BCUT2D eigenvalue weighted by molar-refractivity contribution is 5.28. The van der Waals surface area contributed by atoms with Crippen molar-refractivity contribution in [2.75, 3.05) is 13.1 Å². The third kappa shape index (κ3) is 4.65. The van der Waals surface area contributed by atoms with Crippen molar-refractivity contribution in [2.45, 2.75) is 44.9 Å². The molecule has 0 amide bonds. The molecule has 140 valence electrons. The number of ether oxygens (including phenoxy) is 1. The van der Waals surface area contributed by atoms with Gasteiger partial charge in [-0.2, -0.15) is 0 Å². The summed E-state index contributed by atoms with van der Waals surface area (Å²) in [5.74, 6) is -0.427. The van der Waals surface area contributed by atoms with E-state index in [4.69, 9.17) is 4.74 Å². The van der Waals surface area contributed by atoms with Crippen LogP contribution in [0.2, 0.25) is 0 Å². The lowest BCUT2D eigenvalue weighted by molar-refractivity contribution is -0.0100. The van der Waals surface area contributed by atoms with Crippen LogP contribution >= 0.6 is 0 Å². The smallest absolute Gasteiger partial charge is 0.263 e. The summed E-state index contributed by atoms with van der Waals surface area (Å²) in [5.41, 5.74) is 1.36. The molecule has 0 spiro atoms. The number of rotatable bonds is 6. The number of benzene rings is 2. The van der Waals surface area contributed by atoms with E-state index in [2.05, 4.69) is 4.90 Å². The maximum atomic E-state index is 14.1. The first-order valence-electron chi connectivity index (χ1n) is 9.01. The van der Waals surface area contributed by atoms with E-state index < -0.39 is 12.2 Å². The maximum absolute atomic E-state index is 14.1. The average Bonchev–Trinajstić information content (AvgIpc) is 2.67. The van der Waals surface area contributed by atoms with Crippen LogP contribution in [-0.2, 0) is 11.3 Å². The molecule has 0 radical (unpaired) electrons. The Morgan fingerprint density at radius 2 is 1.77 bits per heavy atom. The molecular formula is C21H24F3NO. The van der Waals surface area contributed by atoms with Gasteiger partial charge in [-0.05, 0) is 37.5 Å². The van der Waals surface area contributed by atoms with Gasteiger partial charge in [0.1, 0.15) is 5.82 Å². The topological polar surface area (TPSA) is 12.5 Å². The van der Waals surface area contributed by atoms with E-state index in [-0.39, 0.29) is 17.7 Å². The summed E-state index contributed by atoms with van der Waals surface area (Å²) in [5, 5.41) is 0. The number of halogens is 3. The van der Waals surface area contributed by atoms with Gasteiger partial charge in [-0.1, -0.05) is 36.4 Å². The normalized spacial score (nSPS) is 17.6. The Morgan fingerprint density at radius 1 is 1.08 bits per heavy atom. The Kier molecular flexibility index (Phi) is 6.33. The van der Waals surface area contributed by atoms with E-state index in [1.807, 2.05) is 37.3 Å². The Labute approximate surface area is 152 Å². The van der Waals surface area contributed by atoms with Gasteiger partial charge in [-0.25, -0.2) is 13.2 Å². The second-order valence-electron chi connectivity index (χ2n) is 6.79. The lowest BCUT2D eigenvalue weighted by atomic mass is 9.99. The highest BCUT2D eigenvalue weighted by Crippen LogP contribution is 2.30. The number of nitrogens with zero attached hydrogens (tertiary/aromatic N) is 1. The van der Waals surface area contributed by atoms with Gasteiger partial charge in [0.15, 0.2) is 0 Å². The summed E-state index contributed by atoms with van der Waals surface area (Å²) in [7, 11) is 0. The number of hydrogen-bond acceptors (Lipinski definition) is 2. The van der Waals surface area contributed by atoms with Crippen molar-refractivity contribution in [3.8, 4) is 0 Å². The van der Waals surface area contributed by atoms with E-state index in [1.165, 1.54) is 6.07 Å². The number of likely N-dealkylation sites (tertiary alicyclic amines) is 1. The minimum absolute atomic E-state index is 0.130. The van der Waals surface area contributed by atoms with E-state index in [9.17, 15) is 13.2 Å². The van der Waals surface area contributed by atoms with Gasteiger partial charge in [0.2, 0.25) is 0 Å². The molecule has 1 heterocycles. The van der Waals surface area contributed by atoms with E-state index in [0.29, 0.717) is 12.2 Å². The number of alkyl halides is 2. The summed E-state index contributed by atoms with van der Waals surface area (Å²) in [6.07, 6.45) is -0.699. The van der Waals surface area contributed by atoms with E-state index in [0.717, 1.165) is 43.6 Å². The van der Waals surface area contributed by atoms with Crippen molar-refractivity contribution >= 4 is 0 Å². The molecule has 3 rings (SSSR count). The van der Waals surface area contributed by atoms with Crippen molar-refractivity contribution in [3.05, 3.63) is 71.0 Å². The summed E-state index contributed by atoms with van der Waals surface area (Å²) in [4.78, 5) is 2.13. The Hall–Kier alpha value is -1.85. The first-order chi connectivity index (χ1) is 12.5. The van der Waals surface area contributed by atoms with Crippen molar-refractivity contribution in [1.82, 2.24) is 4.90 Å². The number of hydrogen-bond donors (Lipinski definition) is 0. The number of piperidine rings is 1. The predicted molar refractivity (Wildman–Crippen MR) is 95.6 cm³/mol. The fourth-order valence-corrected chi connectivity index (χ4v) is 3.43. The highest BCUT2D eigenvalue weighted by atomic mass is 19.3. The van der Waals surface area contributed by atoms with Crippen molar-refractivity contribution < 1.29 is 17.9 Å². The molecule has 1 atom stereocenters. The van der Waals surface area contributed by atoms with Crippen LogP contribution in [0.15, 0.2) is 48.5 Å². The standard InChI is InChI=1S/C21H24F3NO/c1-15(19-13-17(21(23)24)7-8-20(19)22)25-11-9-18(10-12-25)26-14-16-5-3-2-4-6-16/h2-8,13,15,18,21H,9-12,14H2,1H3. The van der Waals surface area contributed by atoms with Gasteiger partial charge < -0.3 is 4.74 Å².